The van der Waals surface area contributed by atoms with Crippen molar-refractivity contribution in [2.24, 2.45) is 5.92 Å². The SMILES string of the molecule is CC(C)(C)[Si](OCCn1nc2ccccc2c1C(=O)N[C@H]1CC[C@H](CCS(=O)(=O)O)CC1)(c1ccccc1)c1ccccc1. The number of carbonyl (C=O) groups is 1. The Morgan fingerprint density at radius 2 is 1.50 bits per heavy atom. The van der Waals surface area contributed by atoms with E-state index in [1.165, 1.54) is 10.4 Å². The Kier molecular flexibility index (Phi) is 9.74. The summed E-state index contributed by atoms with van der Waals surface area (Å²) in [6.07, 6.45) is 3.61. The lowest BCUT2D eigenvalue weighted by atomic mass is 9.84. The second-order valence-corrected chi connectivity index (χ2v) is 18.7. The number of aromatic nitrogens is 2. The van der Waals surface area contributed by atoms with Gasteiger partial charge in [-0.05, 0) is 59.5 Å². The van der Waals surface area contributed by atoms with Crippen molar-refractivity contribution in [1.29, 1.82) is 0 Å². The van der Waals surface area contributed by atoms with Gasteiger partial charge in [-0.25, -0.2) is 0 Å². The van der Waals surface area contributed by atoms with E-state index in [2.05, 4.69) is 74.6 Å². The molecule has 2 N–H and O–H groups in total. The normalized spacial score (nSPS) is 17.9. The average Bonchev–Trinajstić information content (AvgIpc) is 3.37. The Labute approximate surface area is 261 Å². The first-order valence-corrected chi connectivity index (χ1v) is 19.0. The number of rotatable bonds is 11. The molecule has 8 nitrogen and oxygen atoms in total. The van der Waals surface area contributed by atoms with E-state index in [-0.39, 0.29) is 28.7 Å². The van der Waals surface area contributed by atoms with E-state index >= 15 is 0 Å². The number of amides is 1. The number of nitrogens with zero attached hydrogens (tertiary/aromatic N) is 2. The van der Waals surface area contributed by atoms with Crippen molar-refractivity contribution in [1.82, 2.24) is 15.1 Å². The van der Waals surface area contributed by atoms with Crippen LogP contribution in [0.2, 0.25) is 5.04 Å². The molecule has 1 heterocycles. The second kappa shape index (κ2) is 13.4. The summed E-state index contributed by atoms with van der Waals surface area (Å²) in [6, 6.07) is 28.7. The highest BCUT2D eigenvalue weighted by atomic mass is 32.2. The van der Waals surface area contributed by atoms with Crippen molar-refractivity contribution < 1.29 is 22.2 Å². The van der Waals surface area contributed by atoms with Crippen LogP contribution in [-0.2, 0) is 21.1 Å². The minimum atomic E-state index is -3.96. The molecule has 1 saturated carbocycles. The molecule has 234 valence electrons. The zero-order valence-corrected chi connectivity index (χ0v) is 27.6. The van der Waals surface area contributed by atoms with Crippen LogP contribution in [0.15, 0.2) is 84.9 Å². The van der Waals surface area contributed by atoms with Crippen LogP contribution in [0.4, 0.5) is 0 Å². The van der Waals surface area contributed by atoms with Crippen LogP contribution in [0.25, 0.3) is 10.9 Å². The van der Waals surface area contributed by atoms with Gasteiger partial charge < -0.3 is 9.74 Å². The van der Waals surface area contributed by atoms with Crippen LogP contribution in [0.1, 0.15) is 63.4 Å². The molecule has 1 aromatic heterocycles. The maximum atomic E-state index is 13.8. The first-order valence-electron chi connectivity index (χ1n) is 15.4. The summed E-state index contributed by atoms with van der Waals surface area (Å²) >= 11 is 0. The second-order valence-electron chi connectivity index (χ2n) is 12.9. The average molecular weight is 634 g/mol. The van der Waals surface area contributed by atoms with E-state index in [9.17, 15) is 13.2 Å². The highest BCUT2D eigenvalue weighted by Gasteiger charge is 2.50. The third-order valence-corrected chi connectivity index (χ3v) is 14.7. The molecule has 0 unspecified atom stereocenters. The van der Waals surface area contributed by atoms with Crippen LogP contribution >= 0.6 is 0 Å². The summed E-state index contributed by atoms with van der Waals surface area (Å²) in [6.45, 7) is 7.55. The zero-order valence-electron chi connectivity index (χ0n) is 25.8. The van der Waals surface area contributed by atoms with Gasteiger partial charge in [0, 0.05) is 11.4 Å². The van der Waals surface area contributed by atoms with Gasteiger partial charge in [0.1, 0.15) is 5.69 Å². The molecule has 0 spiro atoms. The molecule has 0 saturated heterocycles. The van der Waals surface area contributed by atoms with Gasteiger partial charge in [-0.1, -0.05) is 99.6 Å². The third kappa shape index (κ3) is 7.15. The van der Waals surface area contributed by atoms with Gasteiger partial charge in [0.15, 0.2) is 0 Å². The van der Waals surface area contributed by atoms with Gasteiger partial charge >= 0.3 is 0 Å². The van der Waals surface area contributed by atoms with Gasteiger partial charge in [0.2, 0.25) is 0 Å². The zero-order chi connectivity index (χ0) is 31.4. The smallest absolute Gasteiger partial charge is 0.270 e. The van der Waals surface area contributed by atoms with Crippen molar-refractivity contribution in [2.75, 3.05) is 12.4 Å². The standard InChI is InChI=1S/C34H43N3O5SSi/c1-34(2,3)44(28-12-6-4-7-13-28,29-14-8-5-9-15-29)42-24-23-37-32(30-16-10-11-17-31(30)36-37)33(38)35-27-20-18-26(19-21-27)22-25-43(39,40)41/h4-17,26-27H,18-25H2,1-3H3,(H,35,38)(H,39,40,41)/t26-,27-. The van der Waals surface area contributed by atoms with Crippen LogP contribution in [-0.4, -0.2) is 55.4 Å². The van der Waals surface area contributed by atoms with Crippen LogP contribution in [0.3, 0.4) is 0 Å². The largest absolute Gasteiger partial charge is 0.406 e. The molecule has 44 heavy (non-hydrogen) atoms. The molecular formula is C34H43N3O5SSi. The van der Waals surface area contributed by atoms with E-state index in [4.69, 9.17) is 14.1 Å². The van der Waals surface area contributed by atoms with Crippen LogP contribution in [0.5, 0.6) is 0 Å². The number of carbonyl (C=O) groups excluding carboxylic acids is 1. The molecule has 4 aromatic rings. The third-order valence-electron chi connectivity index (χ3n) is 8.87. The topological polar surface area (TPSA) is 111 Å². The Bertz CT molecular complexity index is 1620. The quantitative estimate of drug-likeness (QED) is 0.174. The maximum absolute atomic E-state index is 13.8. The lowest BCUT2D eigenvalue weighted by molar-refractivity contribution is 0.0911. The number of hydrogen-bond donors (Lipinski definition) is 2. The molecule has 0 radical (unpaired) electrons. The van der Waals surface area contributed by atoms with E-state index < -0.39 is 18.4 Å². The van der Waals surface area contributed by atoms with Crippen molar-refractivity contribution >= 4 is 45.6 Å². The summed E-state index contributed by atoms with van der Waals surface area (Å²) in [7, 11) is -6.70. The van der Waals surface area contributed by atoms with Crippen LogP contribution in [0, 0.1) is 5.92 Å². The fraction of sp³-hybridized carbons (Fsp3) is 0.412. The number of hydrogen-bond acceptors (Lipinski definition) is 5. The van der Waals surface area contributed by atoms with Gasteiger partial charge in [-0.2, -0.15) is 13.5 Å². The summed E-state index contributed by atoms with van der Waals surface area (Å²) in [5, 5.41) is 11.1. The molecule has 1 fully saturated rings. The fourth-order valence-electron chi connectivity index (χ4n) is 6.69. The molecule has 1 amide bonds. The van der Waals surface area contributed by atoms with Crippen molar-refractivity contribution in [3.63, 3.8) is 0 Å². The Balaban J connectivity index is 1.36. The molecule has 0 bridgehead atoms. The van der Waals surface area contributed by atoms with Crippen molar-refractivity contribution in [3.8, 4) is 0 Å². The number of fused-ring (bicyclic) bond motifs is 1. The van der Waals surface area contributed by atoms with Crippen molar-refractivity contribution in [2.45, 2.75) is 70.5 Å². The predicted octanol–water partition coefficient (Wildman–Crippen LogP) is 5.18. The summed E-state index contributed by atoms with van der Waals surface area (Å²) in [4.78, 5) is 13.8. The molecule has 5 rings (SSSR count). The highest BCUT2D eigenvalue weighted by molar-refractivity contribution is 7.85. The monoisotopic (exact) mass is 633 g/mol. The summed E-state index contributed by atoms with van der Waals surface area (Å²) in [5.74, 6) is -0.142. The minimum absolute atomic E-state index is 0.0000418. The Morgan fingerprint density at radius 1 is 0.932 bits per heavy atom. The number of benzene rings is 3. The molecule has 10 heteroatoms. The van der Waals surface area contributed by atoms with Crippen LogP contribution < -0.4 is 15.7 Å². The van der Waals surface area contributed by atoms with Gasteiger partial charge in [-0.3, -0.25) is 14.0 Å². The summed E-state index contributed by atoms with van der Waals surface area (Å²) in [5.41, 5.74) is 1.29. The lowest BCUT2D eigenvalue weighted by Gasteiger charge is -2.43. The predicted molar refractivity (Wildman–Crippen MR) is 178 cm³/mol. The summed E-state index contributed by atoms with van der Waals surface area (Å²) < 4.78 is 40.3. The van der Waals surface area contributed by atoms with E-state index in [1.54, 1.807) is 4.68 Å². The van der Waals surface area contributed by atoms with Gasteiger partial charge in [-0.15, -0.1) is 0 Å². The Hall–Kier alpha value is -3.31. The molecular weight excluding hydrogens is 591 g/mol. The Morgan fingerprint density at radius 3 is 2.07 bits per heavy atom. The van der Waals surface area contributed by atoms with E-state index in [0.29, 0.717) is 25.3 Å². The number of nitrogens with one attached hydrogen (secondary N) is 1. The first-order chi connectivity index (χ1) is 21.0. The van der Waals surface area contributed by atoms with Gasteiger partial charge in [0.05, 0.1) is 24.4 Å². The minimum Gasteiger partial charge on any atom is -0.406 e. The molecule has 1 aliphatic carbocycles. The lowest BCUT2D eigenvalue weighted by Crippen LogP contribution is -2.66. The van der Waals surface area contributed by atoms with E-state index in [1.807, 2.05) is 36.4 Å². The molecule has 3 aromatic carbocycles. The van der Waals surface area contributed by atoms with E-state index in [0.717, 1.165) is 36.6 Å². The first kappa shape index (κ1) is 32.1. The van der Waals surface area contributed by atoms with Gasteiger partial charge in [0.25, 0.3) is 24.3 Å². The molecule has 0 atom stereocenters. The highest BCUT2D eigenvalue weighted by Crippen LogP contribution is 2.37. The van der Waals surface area contributed by atoms with Crippen molar-refractivity contribution in [3.05, 3.63) is 90.6 Å². The molecule has 1 aliphatic rings. The molecule has 0 aliphatic heterocycles. The maximum Gasteiger partial charge on any atom is 0.270 e. The fourth-order valence-corrected chi connectivity index (χ4v) is 11.9.